The van der Waals surface area contributed by atoms with E-state index in [9.17, 15) is 18.0 Å². The highest BCUT2D eigenvalue weighted by Crippen LogP contribution is 2.19. The molecule has 1 amide bonds. The number of rotatable bonds is 3. The number of hydrogen-bond donors (Lipinski definition) is 2. The van der Waals surface area contributed by atoms with E-state index in [0.717, 1.165) is 43.0 Å². The van der Waals surface area contributed by atoms with Crippen molar-refractivity contribution in [3.8, 4) is 0 Å². The first-order valence-corrected chi connectivity index (χ1v) is 6.74. The van der Waals surface area contributed by atoms with Gasteiger partial charge in [-0.15, -0.1) is 0 Å². The fraction of sp³-hybridized carbons (Fsp3) is 0.500. The van der Waals surface area contributed by atoms with Crippen molar-refractivity contribution in [2.45, 2.75) is 19.8 Å². The molecule has 1 aliphatic heterocycles. The lowest BCUT2D eigenvalue weighted by atomic mass is 9.99. The third kappa shape index (κ3) is 3.50. The van der Waals surface area contributed by atoms with Crippen LogP contribution in [-0.2, 0) is 4.79 Å². The number of amides is 1. The summed E-state index contributed by atoms with van der Waals surface area (Å²) in [5.41, 5.74) is -0.321. The Morgan fingerprint density at radius 3 is 2.55 bits per heavy atom. The molecule has 0 spiro atoms. The quantitative estimate of drug-likeness (QED) is 0.809. The van der Waals surface area contributed by atoms with Crippen LogP contribution in [0.5, 0.6) is 0 Å². The van der Waals surface area contributed by atoms with Crippen LogP contribution in [0.3, 0.4) is 0 Å². The van der Waals surface area contributed by atoms with Gasteiger partial charge in [-0.05, 0) is 30.9 Å². The summed E-state index contributed by atoms with van der Waals surface area (Å²) in [6.07, 6.45) is 2.12. The summed E-state index contributed by atoms with van der Waals surface area (Å²) in [7, 11) is 0. The van der Waals surface area contributed by atoms with E-state index in [1.54, 1.807) is 0 Å². The van der Waals surface area contributed by atoms with E-state index >= 15 is 0 Å². The van der Waals surface area contributed by atoms with Crippen molar-refractivity contribution >= 4 is 11.6 Å². The van der Waals surface area contributed by atoms with E-state index < -0.39 is 17.5 Å². The van der Waals surface area contributed by atoms with Crippen molar-refractivity contribution in [1.82, 2.24) is 0 Å². The Morgan fingerprint density at radius 1 is 1.25 bits per heavy atom. The minimum atomic E-state index is -1.57. The molecule has 0 unspecified atom stereocenters. The van der Waals surface area contributed by atoms with Gasteiger partial charge in [-0.3, -0.25) is 4.79 Å². The molecule has 0 aromatic heterocycles. The Hall–Kier alpha value is -1.56. The molecule has 3 nitrogen and oxygen atoms in total. The summed E-state index contributed by atoms with van der Waals surface area (Å²) in [6, 6.07) is 1.82. The van der Waals surface area contributed by atoms with Gasteiger partial charge in [-0.25, -0.2) is 13.2 Å². The molecule has 1 heterocycles. The fourth-order valence-corrected chi connectivity index (χ4v) is 2.39. The van der Waals surface area contributed by atoms with Gasteiger partial charge in [0.1, 0.15) is 0 Å². The van der Waals surface area contributed by atoms with Gasteiger partial charge in [0, 0.05) is 0 Å². The molecule has 1 aromatic rings. The second kappa shape index (κ2) is 6.26. The maximum Gasteiger partial charge on any atom is 0.279 e. The number of nitrogens with one attached hydrogen (secondary N) is 2. The first-order chi connectivity index (χ1) is 9.47. The molecular weight excluding hydrogens is 269 g/mol. The lowest BCUT2D eigenvalue weighted by molar-refractivity contribution is -0.897. The molecule has 20 heavy (non-hydrogen) atoms. The number of carbonyl (C=O) groups is 1. The third-order valence-corrected chi connectivity index (χ3v) is 3.70. The van der Waals surface area contributed by atoms with Gasteiger partial charge in [-0.1, -0.05) is 6.92 Å². The van der Waals surface area contributed by atoms with Crippen LogP contribution in [0.2, 0.25) is 0 Å². The number of piperidine rings is 1. The van der Waals surface area contributed by atoms with Gasteiger partial charge >= 0.3 is 0 Å². The van der Waals surface area contributed by atoms with Gasteiger partial charge in [-0.2, -0.15) is 0 Å². The van der Waals surface area contributed by atoms with Crippen molar-refractivity contribution in [2.24, 2.45) is 5.92 Å². The molecule has 1 aromatic carbocycles. The summed E-state index contributed by atoms with van der Waals surface area (Å²) >= 11 is 0. The molecule has 2 N–H and O–H groups in total. The van der Waals surface area contributed by atoms with E-state index in [-0.39, 0.29) is 18.1 Å². The van der Waals surface area contributed by atoms with E-state index in [1.807, 2.05) is 0 Å². The summed E-state index contributed by atoms with van der Waals surface area (Å²) in [5.74, 6) is -3.91. The highest BCUT2D eigenvalue weighted by atomic mass is 19.2. The van der Waals surface area contributed by atoms with Gasteiger partial charge in [0.25, 0.3) is 5.91 Å². The van der Waals surface area contributed by atoms with E-state index in [1.165, 1.54) is 0 Å². The van der Waals surface area contributed by atoms with Crippen molar-refractivity contribution < 1.29 is 22.9 Å². The molecule has 6 heteroatoms. The average Bonchev–Trinajstić information content (AvgIpc) is 2.42. The van der Waals surface area contributed by atoms with Crippen LogP contribution in [0.4, 0.5) is 18.9 Å². The molecule has 0 radical (unpaired) electrons. The molecule has 0 aliphatic carbocycles. The van der Waals surface area contributed by atoms with Crippen LogP contribution in [0, 0.1) is 23.4 Å². The fourth-order valence-electron chi connectivity index (χ4n) is 2.39. The van der Waals surface area contributed by atoms with Gasteiger partial charge < -0.3 is 10.2 Å². The summed E-state index contributed by atoms with van der Waals surface area (Å²) in [4.78, 5) is 12.9. The predicted molar refractivity (Wildman–Crippen MR) is 68.9 cm³/mol. The van der Waals surface area contributed by atoms with Crippen LogP contribution in [-0.4, -0.2) is 25.5 Å². The monoisotopic (exact) mass is 287 g/mol. The largest absolute Gasteiger partial charge is 0.327 e. The molecule has 0 saturated carbocycles. The van der Waals surface area contributed by atoms with Crippen LogP contribution in [0.15, 0.2) is 12.1 Å². The topological polar surface area (TPSA) is 33.5 Å². The molecule has 1 saturated heterocycles. The van der Waals surface area contributed by atoms with Gasteiger partial charge in [0.05, 0.1) is 18.8 Å². The second-order valence-electron chi connectivity index (χ2n) is 5.38. The number of anilines is 1. The number of quaternary nitrogens is 1. The highest BCUT2D eigenvalue weighted by Gasteiger charge is 2.22. The minimum absolute atomic E-state index is 0.213. The van der Waals surface area contributed by atoms with Crippen LogP contribution in [0.1, 0.15) is 19.8 Å². The average molecular weight is 287 g/mol. The summed E-state index contributed by atoms with van der Waals surface area (Å²) < 4.78 is 39.2. The Balaban J connectivity index is 1.93. The number of benzene rings is 1. The minimum Gasteiger partial charge on any atom is -0.327 e. The first-order valence-electron chi connectivity index (χ1n) is 6.74. The SMILES string of the molecule is CC1CC[NH+](CC(=O)Nc2ccc(F)c(F)c2F)CC1. The van der Waals surface area contributed by atoms with E-state index in [2.05, 4.69) is 12.2 Å². The van der Waals surface area contributed by atoms with Gasteiger partial charge in [0.2, 0.25) is 0 Å². The number of carbonyl (C=O) groups excluding carboxylic acids is 1. The lowest BCUT2D eigenvalue weighted by Crippen LogP contribution is -3.14. The molecule has 1 aliphatic rings. The lowest BCUT2D eigenvalue weighted by Gasteiger charge is -2.26. The highest BCUT2D eigenvalue weighted by molar-refractivity contribution is 5.91. The smallest absolute Gasteiger partial charge is 0.279 e. The number of halogens is 3. The Labute approximate surface area is 115 Å². The van der Waals surface area contributed by atoms with Crippen LogP contribution in [0.25, 0.3) is 0 Å². The zero-order valence-electron chi connectivity index (χ0n) is 11.3. The molecule has 1 fully saturated rings. The maximum absolute atomic E-state index is 13.4. The molecule has 0 bridgehead atoms. The van der Waals surface area contributed by atoms with Crippen LogP contribution < -0.4 is 10.2 Å². The zero-order chi connectivity index (χ0) is 14.7. The van der Waals surface area contributed by atoms with Crippen molar-refractivity contribution in [1.29, 1.82) is 0 Å². The second-order valence-corrected chi connectivity index (χ2v) is 5.38. The maximum atomic E-state index is 13.4. The van der Waals surface area contributed by atoms with Crippen LogP contribution >= 0.6 is 0 Å². The normalized spacial score (nSPS) is 22.6. The van der Waals surface area contributed by atoms with Gasteiger partial charge in [0.15, 0.2) is 24.0 Å². The first kappa shape index (κ1) is 14.8. The molecule has 0 atom stereocenters. The number of likely N-dealkylation sites (tertiary alicyclic amines) is 1. The standard InChI is InChI=1S/C14H17F3N2O/c1-9-4-6-19(7-5-9)8-12(20)18-11-3-2-10(15)13(16)14(11)17/h2-3,9H,4-8H2,1H3,(H,18,20)/p+1. The molecule has 110 valence electrons. The van der Waals surface area contributed by atoms with E-state index in [0.29, 0.717) is 5.92 Å². The van der Waals surface area contributed by atoms with Crippen molar-refractivity contribution in [3.05, 3.63) is 29.6 Å². The van der Waals surface area contributed by atoms with E-state index in [4.69, 9.17) is 0 Å². The predicted octanol–water partition coefficient (Wildman–Crippen LogP) is 1.36. The zero-order valence-corrected chi connectivity index (χ0v) is 11.3. The van der Waals surface area contributed by atoms with Crippen molar-refractivity contribution in [3.63, 3.8) is 0 Å². The Morgan fingerprint density at radius 2 is 1.90 bits per heavy atom. The number of hydrogen-bond acceptors (Lipinski definition) is 1. The summed E-state index contributed by atoms with van der Waals surface area (Å²) in [5, 5.41) is 2.30. The Kier molecular flexibility index (Phi) is 4.65. The molecular formula is C14H18F3N2O+. The summed E-state index contributed by atoms with van der Waals surface area (Å²) in [6.45, 7) is 4.18. The third-order valence-electron chi connectivity index (χ3n) is 3.70. The van der Waals surface area contributed by atoms with Crippen molar-refractivity contribution in [2.75, 3.05) is 25.0 Å². The molecule has 2 rings (SSSR count). The Bertz CT molecular complexity index is 499.